The van der Waals surface area contributed by atoms with Crippen LogP contribution in [0.5, 0.6) is 0 Å². The molecule has 1 aliphatic rings. The predicted octanol–water partition coefficient (Wildman–Crippen LogP) is 4.58. The SMILES string of the molecule is CC1=NN(c2ccccc2)C(=O)[C@@H]1C=Nc1ccc2ccccc2c1. The minimum atomic E-state index is -0.424. The molecule has 0 aliphatic carbocycles. The molecule has 1 heterocycles. The molecule has 0 aromatic heterocycles. The molecule has 0 fully saturated rings. The van der Waals surface area contributed by atoms with Crippen LogP contribution in [0.1, 0.15) is 6.92 Å². The summed E-state index contributed by atoms with van der Waals surface area (Å²) in [7, 11) is 0. The summed E-state index contributed by atoms with van der Waals surface area (Å²) in [5.74, 6) is -0.500. The minimum absolute atomic E-state index is 0.0757. The lowest BCUT2D eigenvalue weighted by molar-refractivity contribution is -0.118. The maximum Gasteiger partial charge on any atom is 0.261 e. The number of anilines is 1. The summed E-state index contributed by atoms with van der Waals surface area (Å²) in [6.45, 7) is 1.86. The number of carbonyl (C=O) groups excluding carboxylic acids is 1. The highest BCUT2D eigenvalue weighted by atomic mass is 16.2. The summed E-state index contributed by atoms with van der Waals surface area (Å²) in [4.78, 5) is 17.2. The lowest BCUT2D eigenvalue weighted by Gasteiger charge is -2.12. The zero-order valence-corrected chi connectivity index (χ0v) is 13.8. The molecule has 4 nitrogen and oxygen atoms in total. The first-order valence-electron chi connectivity index (χ1n) is 8.19. The fourth-order valence-corrected chi connectivity index (χ4v) is 2.92. The smallest absolute Gasteiger partial charge is 0.261 e. The van der Waals surface area contributed by atoms with E-state index in [9.17, 15) is 4.79 Å². The van der Waals surface area contributed by atoms with Crippen molar-refractivity contribution in [1.29, 1.82) is 0 Å². The fourth-order valence-electron chi connectivity index (χ4n) is 2.92. The summed E-state index contributed by atoms with van der Waals surface area (Å²) in [6.07, 6.45) is 1.69. The van der Waals surface area contributed by atoms with Gasteiger partial charge in [0.05, 0.1) is 17.1 Å². The van der Waals surface area contributed by atoms with Crippen LogP contribution in [0, 0.1) is 5.92 Å². The van der Waals surface area contributed by atoms with E-state index in [1.807, 2.05) is 67.6 Å². The first-order chi connectivity index (χ1) is 12.2. The van der Waals surface area contributed by atoms with E-state index in [0.717, 1.165) is 22.5 Å². The Labute approximate surface area is 146 Å². The Balaban J connectivity index is 1.58. The molecule has 3 aromatic carbocycles. The number of hydrazone groups is 1. The van der Waals surface area contributed by atoms with Gasteiger partial charge in [-0.25, -0.2) is 0 Å². The number of hydrogen-bond acceptors (Lipinski definition) is 3. The standard InChI is InChI=1S/C21H17N3O/c1-15-20(21(25)24(23-15)19-9-3-2-4-10-19)14-22-18-12-11-16-7-5-6-8-17(16)13-18/h2-14,20H,1H3/t20-/m1/s1. The molecule has 4 rings (SSSR count). The second-order valence-corrected chi connectivity index (χ2v) is 6.01. The highest BCUT2D eigenvalue weighted by molar-refractivity contribution is 6.23. The first-order valence-corrected chi connectivity index (χ1v) is 8.19. The number of amides is 1. The summed E-state index contributed by atoms with van der Waals surface area (Å²) >= 11 is 0. The Morgan fingerprint density at radius 2 is 1.68 bits per heavy atom. The topological polar surface area (TPSA) is 45.0 Å². The molecule has 1 aliphatic heterocycles. The van der Waals surface area contributed by atoms with Crippen LogP contribution in [0.4, 0.5) is 11.4 Å². The minimum Gasteiger partial charge on any atom is -0.271 e. The number of nitrogens with zero attached hydrogens (tertiary/aromatic N) is 3. The Morgan fingerprint density at radius 1 is 0.960 bits per heavy atom. The lowest BCUT2D eigenvalue weighted by atomic mass is 10.1. The van der Waals surface area contributed by atoms with Gasteiger partial charge in [-0.3, -0.25) is 9.79 Å². The normalized spacial score (nSPS) is 17.5. The van der Waals surface area contributed by atoms with Crippen molar-refractivity contribution < 1.29 is 4.79 Å². The van der Waals surface area contributed by atoms with Crippen molar-refractivity contribution in [3.8, 4) is 0 Å². The van der Waals surface area contributed by atoms with Crippen LogP contribution in [-0.2, 0) is 4.79 Å². The number of para-hydroxylation sites is 1. The molecule has 0 N–H and O–H groups in total. The molecule has 0 unspecified atom stereocenters. The molecule has 1 amide bonds. The van der Waals surface area contributed by atoms with Crippen LogP contribution in [-0.4, -0.2) is 17.8 Å². The van der Waals surface area contributed by atoms with Gasteiger partial charge in [0, 0.05) is 6.21 Å². The molecular weight excluding hydrogens is 310 g/mol. The highest BCUT2D eigenvalue weighted by Crippen LogP contribution is 2.24. The summed E-state index contributed by atoms with van der Waals surface area (Å²) < 4.78 is 0. The first kappa shape index (κ1) is 15.3. The summed E-state index contributed by atoms with van der Waals surface area (Å²) in [5.41, 5.74) is 2.35. The number of benzene rings is 3. The predicted molar refractivity (Wildman–Crippen MR) is 103 cm³/mol. The Bertz CT molecular complexity index is 992. The highest BCUT2D eigenvalue weighted by Gasteiger charge is 2.33. The molecule has 122 valence electrons. The number of hydrogen-bond donors (Lipinski definition) is 0. The Kier molecular flexibility index (Phi) is 3.86. The van der Waals surface area contributed by atoms with E-state index in [1.54, 1.807) is 6.21 Å². The van der Waals surface area contributed by atoms with Crippen molar-refractivity contribution in [1.82, 2.24) is 0 Å². The van der Waals surface area contributed by atoms with Crippen molar-refractivity contribution in [2.75, 3.05) is 5.01 Å². The van der Waals surface area contributed by atoms with Gasteiger partial charge < -0.3 is 0 Å². The van der Waals surface area contributed by atoms with E-state index >= 15 is 0 Å². The van der Waals surface area contributed by atoms with Gasteiger partial charge in [-0.15, -0.1) is 0 Å². The van der Waals surface area contributed by atoms with Gasteiger partial charge in [-0.1, -0.05) is 48.5 Å². The van der Waals surface area contributed by atoms with Crippen molar-refractivity contribution in [3.05, 3.63) is 72.8 Å². The lowest BCUT2D eigenvalue weighted by Crippen LogP contribution is -2.27. The second kappa shape index (κ2) is 6.32. The zero-order valence-electron chi connectivity index (χ0n) is 13.8. The van der Waals surface area contributed by atoms with E-state index in [0.29, 0.717) is 0 Å². The maximum atomic E-state index is 12.7. The monoisotopic (exact) mass is 327 g/mol. The van der Waals surface area contributed by atoms with Gasteiger partial charge in [-0.2, -0.15) is 10.1 Å². The number of rotatable bonds is 3. The molecule has 0 saturated heterocycles. The maximum absolute atomic E-state index is 12.7. The molecular formula is C21H17N3O. The van der Waals surface area contributed by atoms with Gasteiger partial charge in [0.2, 0.25) is 0 Å². The zero-order chi connectivity index (χ0) is 17.2. The van der Waals surface area contributed by atoms with Crippen molar-refractivity contribution in [2.24, 2.45) is 16.0 Å². The molecule has 4 heteroatoms. The van der Waals surface area contributed by atoms with E-state index in [2.05, 4.69) is 22.2 Å². The second-order valence-electron chi connectivity index (χ2n) is 6.01. The molecule has 0 radical (unpaired) electrons. The third-order valence-corrected chi connectivity index (χ3v) is 4.29. The van der Waals surface area contributed by atoms with Crippen LogP contribution >= 0.6 is 0 Å². The number of aliphatic imine (C=N–C) groups is 1. The largest absolute Gasteiger partial charge is 0.271 e. The third kappa shape index (κ3) is 2.94. The van der Waals surface area contributed by atoms with Gasteiger partial charge in [0.15, 0.2) is 0 Å². The molecule has 25 heavy (non-hydrogen) atoms. The van der Waals surface area contributed by atoms with Crippen LogP contribution in [0.15, 0.2) is 82.9 Å². The molecule has 0 spiro atoms. The Morgan fingerprint density at radius 3 is 2.48 bits per heavy atom. The molecule has 3 aromatic rings. The van der Waals surface area contributed by atoms with Crippen molar-refractivity contribution >= 4 is 40.0 Å². The van der Waals surface area contributed by atoms with Gasteiger partial charge in [0.1, 0.15) is 5.92 Å². The van der Waals surface area contributed by atoms with Crippen LogP contribution < -0.4 is 5.01 Å². The van der Waals surface area contributed by atoms with Crippen LogP contribution in [0.3, 0.4) is 0 Å². The van der Waals surface area contributed by atoms with Crippen molar-refractivity contribution in [3.63, 3.8) is 0 Å². The summed E-state index contributed by atoms with van der Waals surface area (Å²) in [6, 6.07) is 23.6. The van der Waals surface area contributed by atoms with Crippen LogP contribution in [0.2, 0.25) is 0 Å². The van der Waals surface area contributed by atoms with Crippen LogP contribution in [0.25, 0.3) is 10.8 Å². The van der Waals surface area contributed by atoms with Gasteiger partial charge in [0.25, 0.3) is 5.91 Å². The number of fused-ring (bicyclic) bond motifs is 1. The van der Waals surface area contributed by atoms with Gasteiger partial charge >= 0.3 is 0 Å². The number of carbonyl (C=O) groups is 1. The average Bonchev–Trinajstić information content (AvgIpc) is 2.94. The van der Waals surface area contributed by atoms with E-state index < -0.39 is 5.92 Å². The average molecular weight is 327 g/mol. The van der Waals surface area contributed by atoms with Crippen molar-refractivity contribution in [2.45, 2.75) is 6.92 Å². The quantitative estimate of drug-likeness (QED) is 0.649. The van der Waals surface area contributed by atoms with E-state index in [-0.39, 0.29) is 5.91 Å². The molecule has 1 atom stereocenters. The summed E-state index contributed by atoms with van der Waals surface area (Å²) in [5, 5.41) is 8.15. The molecule has 0 saturated carbocycles. The van der Waals surface area contributed by atoms with E-state index in [4.69, 9.17) is 0 Å². The van der Waals surface area contributed by atoms with E-state index in [1.165, 1.54) is 10.4 Å². The third-order valence-electron chi connectivity index (χ3n) is 4.29. The fraction of sp³-hybridized carbons (Fsp3) is 0.0952. The Hall–Kier alpha value is -3.27. The van der Waals surface area contributed by atoms with Gasteiger partial charge in [-0.05, 0) is 42.0 Å². The molecule has 0 bridgehead atoms.